The highest BCUT2D eigenvalue weighted by atomic mass is 16.3. The second-order valence-corrected chi connectivity index (χ2v) is 4.99. The summed E-state index contributed by atoms with van der Waals surface area (Å²) < 4.78 is 0. The van der Waals surface area contributed by atoms with Gasteiger partial charge in [0.15, 0.2) is 0 Å². The fraction of sp³-hybridized carbons (Fsp3) is 0. The molecule has 0 bridgehead atoms. The normalized spacial score (nSPS) is 15.1. The van der Waals surface area contributed by atoms with Gasteiger partial charge in [-0.1, -0.05) is 12.1 Å². The monoisotopic (exact) mass is 289 g/mol. The van der Waals surface area contributed by atoms with Gasteiger partial charge in [-0.15, -0.1) is 0 Å². The number of hydrogen-bond donors (Lipinski definition) is 2. The first-order valence-electron chi connectivity index (χ1n) is 6.79. The Hall–Kier alpha value is -3.21. The summed E-state index contributed by atoms with van der Waals surface area (Å²) in [5.41, 5.74) is 2.67. The lowest BCUT2D eigenvalue weighted by Gasteiger charge is -2.04. The molecule has 22 heavy (non-hydrogen) atoms. The number of nitrogens with zero attached hydrogens (tertiary/aromatic N) is 2. The van der Waals surface area contributed by atoms with E-state index in [0.717, 1.165) is 16.5 Å². The van der Waals surface area contributed by atoms with Gasteiger partial charge in [0.05, 0.1) is 5.57 Å². The number of nitrogens with one attached hydrogen (secondary N) is 1. The Morgan fingerprint density at radius 1 is 1.05 bits per heavy atom. The van der Waals surface area contributed by atoms with Gasteiger partial charge in [0.2, 0.25) is 0 Å². The van der Waals surface area contributed by atoms with Crippen LogP contribution in [0.25, 0.3) is 22.6 Å². The quantitative estimate of drug-likeness (QED) is 0.675. The van der Waals surface area contributed by atoms with Crippen molar-refractivity contribution in [1.82, 2.24) is 9.97 Å². The molecule has 0 radical (unpaired) electrons. The van der Waals surface area contributed by atoms with Crippen molar-refractivity contribution in [3.63, 3.8) is 0 Å². The predicted octanol–water partition coefficient (Wildman–Crippen LogP) is 2.83. The average molecular weight is 289 g/mol. The first-order chi connectivity index (χ1) is 10.7. The first-order valence-corrected chi connectivity index (χ1v) is 6.79. The van der Waals surface area contributed by atoms with Gasteiger partial charge in [0, 0.05) is 23.3 Å². The zero-order valence-electron chi connectivity index (χ0n) is 11.4. The number of aromatic hydroxyl groups is 1. The lowest BCUT2D eigenvalue weighted by molar-refractivity contribution is -0.110. The number of aromatic nitrogens is 2. The van der Waals surface area contributed by atoms with Crippen molar-refractivity contribution in [3.05, 3.63) is 59.9 Å². The Morgan fingerprint density at radius 2 is 1.86 bits per heavy atom. The Balaban J connectivity index is 1.94. The summed E-state index contributed by atoms with van der Waals surface area (Å²) in [7, 11) is 0. The summed E-state index contributed by atoms with van der Waals surface area (Å²) in [4.78, 5) is 20.5. The van der Waals surface area contributed by atoms with Crippen LogP contribution in [0, 0.1) is 0 Å². The van der Waals surface area contributed by atoms with Crippen LogP contribution >= 0.6 is 0 Å². The van der Waals surface area contributed by atoms with E-state index in [2.05, 4.69) is 15.3 Å². The van der Waals surface area contributed by atoms with Gasteiger partial charge in [0.25, 0.3) is 5.91 Å². The third kappa shape index (κ3) is 1.83. The minimum absolute atomic E-state index is 0.121. The second-order valence-electron chi connectivity index (χ2n) is 4.99. The molecule has 106 valence electrons. The van der Waals surface area contributed by atoms with Crippen LogP contribution in [0.2, 0.25) is 0 Å². The van der Waals surface area contributed by atoms with Crippen molar-refractivity contribution in [2.75, 3.05) is 5.32 Å². The molecule has 0 saturated heterocycles. The van der Waals surface area contributed by atoms with Crippen LogP contribution < -0.4 is 5.32 Å². The van der Waals surface area contributed by atoms with Gasteiger partial charge in [-0.2, -0.15) is 0 Å². The molecule has 0 aliphatic carbocycles. The molecule has 1 aliphatic heterocycles. The number of anilines is 1. The number of amides is 1. The Kier molecular flexibility index (Phi) is 2.66. The van der Waals surface area contributed by atoms with E-state index in [1.54, 1.807) is 42.7 Å². The molecule has 0 fully saturated rings. The highest BCUT2D eigenvalue weighted by Gasteiger charge is 2.24. The molecule has 1 amide bonds. The molecule has 0 saturated carbocycles. The van der Waals surface area contributed by atoms with Crippen LogP contribution in [0.15, 0.2) is 48.8 Å². The number of phenols is 1. The van der Waals surface area contributed by atoms with Crippen molar-refractivity contribution in [2.24, 2.45) is 0 Å². The molecule has 2 aromatic heterocycles. The number of carbonyl (C=O) groups excluding carboxylic acids is 1. The smallest absolute Gasteiger partial charge is 0.257 e. The third-order valence-corrected chi connectivity index (χ3v) is 3.66. The second kappa shape index (κ2) is 4.66. The number of benzene rings is 1. The molecular formula is C17H11N3O2. The van der Waals surface area contributed by atoms with Crippen LogP contribution in [0.4, 0.5) is 5.82 Å². The summed E-state index contributed by atoms with van der Waals surface area (Å²) >= 11 is 0. The van der Waals surface area contributed by atoms with E-state index in [4.69, 9.17) is 0 Å². The van der Waals surface area contributed by atoms with E-state index in [0.29, 0.717) is 16.9 Å². The molecule has 3 heterocycles. The zero-order chi connectivity index (χ0) is 15.1. The lowest BCUT2D eigenvalue weighted by Crippen LogP contribution is -2.04. The fourth-order valence-electron chi connectivity index (χ4n) is 2.62. The summed E-state index contributed by atoms with van der Waals surface area (Å²) in [6.07, 6.45) is 5.06. The summed E-state index contributed by atoms with van der Waals surface area (Å²) in [5, 5.41) is 13.4. The van der Waals surface area contributed by atoms with Crippen LogP contribution in [0.1, 0.15) is 11.1 Å². The average Bonchev–Trinajstić information content (AvgIpc) is 2.86. The molecule has 0 spiro atoms. The van der Waals surface area contributed by atoms with E-state index < -0.39 is 0 Å². The van der Waals surface area contributed by atoms with E-state index in [-0.39, 0.29) is 11.7 Å². The maximum atomic E-state index is 12.2. The number of phenolic OH excluding ortho intramolecular Hbond substituents is 1. The van der Waals surface area contributed by atoms with Gasteiger partial charge in [-0.05, 0) is 35.9 Å². The summed E-state index contributed by atoms with van der Waals surface area (Å²) in [6, 6.07) is 10.7. The van der Waals surface area contributed by atoms with Gasteiger partial charge in [-0.3, -0.25) is 9.78 Å². The number of hydrogen-bond acceptors (Lipinski definition) is 4. The Morgan fingerprint density at radius 3 is 2.77 bits per heavy atom. The van der Waals surface area contributed by atoms with Gasteiger partial charge >= 0.3 is 0 Å². The molecule has 4 rings (SSSR count). The number of fused-ring (bicyclic) bond motifs is 2. The molecular weight excluding hydrogens is 278 g/mol. The van der Waals surface area contributed by atoms with E-state index in [1.807, 2.05) is 12.1 Å². The number of carbonyl (C=O) groups is 1. The highest BCUT2D eigenvalue weighted by molar-refractivity contribution is 6.34. The standard InChI is InChI=1S/C17H11N3O2/c21-14-6-5-10(11-3-1-7-18-15(11)14)9-13-12-4-2-8-19-16(12)20-17(13)22/h1-9,21H,(H,19,20,22). The zero-order valence-corrected chi connectivity index (χ0v) is 11.4. The van der Waals surface area contributed by atoms with Crippen LogP contribution in [-0.4, -0.2) is 21.0 Å². The van der Waals surface area contributed by atoms with Crippen LogP contribution in [-0.2, 0) is 4.79 Å². The first kappa shape index (κ1) is 12.5. The Labute approximate surface area is 126 Å². The largest absolute Gasteiger partial charge is 0.506 e. The molecule has 0 atom stereocenters. The van der Waals surface area contributed by atoms with Gasteiger partial charge in [-0.25, -0.2) is 4.98 Å². The van der Waals surface area contributed by atoms with Crippen LogP contribution in [0.3, 0.4) is 0 Å². The molecule has 5 nitrogen and oxygen atoms in total. The van der Waals surface area contributed by atoms with Crippen molar-refractivity contribution >= 4 is 34.3 Å². The molecule has 1 aromatic carbocycles. The molecule has 3 aromatic rings. The van der Waals surface area contributed by atoms with E-state index in [9.17, 15) is 9.90 Å². The van der Waals surface area contributed by atoms with Crippen molar-refractivity contribution < 1.29 is 9.90 Å². The fourth-order valence-corrected chi connectivity index (χ4v) is 2.62. The van der Waals surface area contributed by atoms with Gasteiger partial charge < -0.3 is 10.4 Å². The predicted molar refractivity (Wildman–Crippen MR) is 84.1 cm³/mol. The number of rotatable bonds is 1. The van der Waals surface area contributed by atoms with Crippen LogP contribution in [0.5, 0.6) is 5.75 Å². The van der Waals surface area contributed by atoms with Crippen molar-refractivity contribution in [2.45, 2.75) is 0 Å². The molecule has 5 heteroatoms. The maximum absolute atomic E-state index is 12.2. The SMILES string of the molecule is O=C1Nc2ncccc2C1=Cc1ccc(O)c2ncccc12. The van der Waals surface area contributed by atoms with E-state index >= 15 is 0 Å². The summed E-state index contributed by atoms with van der Waals surface area (Å²) in [6.45, 7) is 0. The highest BCUT2D eigenvalue weighted by Crippen LogP contribution is 2.33. The molecule has 1 aliphatic rings. The topological polar surface area (TPSA) is 75.1 Å². The maximum Gasteiger partial charge on any atom is 0.257 e. The molecule has 0 unspecified atom stereocenters. The minimum atomic E-state index is -0.182. The van der Waals surface area contributed by atoms with Crippen molar-refractivity contribution in [3.8, 4) is 5.75 Å². The number of pyridine rings is 2. The lowest BCUT2D eigenvalue weighted by atomic mass is 10.0. The third-order valence-electron chi connectivity index (χ3n) is 3.66. The van der Waals surface area contributed by atoms with E-state index in [1.165, 1.54) is 0 Å². The summed E-state index contributed by atoms with van der Waals surface area (Å²) in [5.74, 6) is 0.509. The molecule has 2 N–H and O–H groups in total. The minimum Gasteiger partial charge on any atom is -0.506 e. The van der Waals surface area contributed by atoms with Gasteiger partial charge in [0.1, 0.15) is 17.1 Å². The van der Waals surface area contributed by atoms with Crippen molar-refractivity contribution in [1.29, 1.82) is 0 Å². The Bertz CT molecular complexity index is 948.